The van der Waals surface area contributed by atoms with Crippen molar-refractivity contribution in [2.75, 3.05) is 5.32 Å². The predicted molar refractivity (Wildman–Crippen MR) is 85.8 cm³/mol. The van der Waals surface area contributed by atoms with Gasteiger partial charge < -0.3 is 0 Å². The lowest BCUT2D eigenvalue weighted by molar-refractivity contribution is -0.117. The minimum absolute atomic E-state index is 0.203. The highest BCUT2D eigenvalue weighted by molar-refractivity contribution is 5.88. The van der Waals surface area contributed by atoms with Gasteiger partial charge in [-0.05, 0) is 32.0 Å². The fourth-order valence-corrected chi connectivity index (χ4v) is 2.16. The topological polar surface area (TPSA) is 108 Å². The second kappa shape index (κ2) is 6.41. The maximum Gasteiger partial charge on any atom is 0.267 e. The van der Waals surface area contributed by atoms with E-state index in [0.717, 1.165) is 16.1 Å². The van der Waals surface area contributed by atoms with Crippen LogP contribution < -0.4 is 10.9 Å². The Balaban J connectivity index is 1.79. The van der Waals surface area contributed by atoms with Gasteiger partial charge in [0.2, 0.25) is 11.9 Å². The second-order valence-electron chi connectivity index (χ2n) is 5.16. The van der Waals surface area contributed by atoms with Gasteiger partial charge in [-0.2, -0.15) is 5.10 Å². The molecule has 1 N–H and O–H groups in total. The van der Waals surface area contributed by atoms with E-state index in [0.29, 0.717) is 5.82 Å². The van der Waals surface area contributed by atoms with Crippen LogP contribution in [0.25, 0.3) is 5.82 Å². The monoisotopic (exact) mass is 325 g/mol. The summed E-state index contributed by atoms with van der Waals surface area (Å²) in [6, 6.07) is 6.41. The Morgan fingerprint density at radius 3 is 2.62 bits per heavy atom. The summed E-state index contributed by atoms with van der Waals surface area (Å²) in [5, 5.41) is 10.7. The molecule has 0 aromatic carbocycles. The lowest BCUT2D eigenvalue weighted by atomic mass is 10.4. The molecule has 0 saturated heterocycles. The largest absolute Gasteiger partial charge is 0.293 e. The van der Waals surface area contributed by atoms with Crippen LogP contribution in [0.1, 0.15) is 11.4 Å². The van der Waals surface area contributed by atoms with E-state index in [-0.39, 0.29) is 18.1 Å². The van der Waals surface area contributed by atoms with Crippen molar-refractivity contribution in [3.05, 3.63) is 58.4 Å². The Bertz CT molecular complexity index is 911. The Morgan fingerprint density at radius 2 is 1.96 bits per heavy atom. The number of aromatic nitrogens is 6. The first-order valence-electron chi connectivity index (χ1n) is 7.21. The van der Waals surface area contributed by atoms with Crippen LogP contribution in [-0.2, 0) is 11.3 Å². The van der Waals surface area contributed by atoms with Gasteiger partial charge in [-0.25, -0.2) is 19.3 Å². The number of hydrogen-bond donors (Lipinski definition) is 1. The average molecular weight is 325 g/mol. The molecule has 0 aliphatic heterocycles. The summed E-state index contributed by atoms with van der Waals surface area (Å²) in [4.78, 5) is 32.3. The highest BCUT2D eigenvalue weighted by Gasteiger charge is 2.10. The van der Waals surface area contributed by atoms with Gasteiger partial charge in [0.25, 0.3) is 5.56 Å². The van der Waals surface area contributed by atoms with E-state index in [2.05, 4.69) is 25.5 Å². The van der Waals surface area contributed by atoms with Crippen LogP contribution in [0.5, 0.6) is 0 Å². The molecule has 3 rings (SSSR count). The Kier molecular flexibility index (Phi) is 4.15. The zero-order valence-electron chi connectivity index (χ0n) is 13.2. The first-order valence-corrected chi connectivity index (χ1v) is 7.21. The van der Waals surface area contributed by atoms with Gasteiger partial charge in [0.15, 0.2) is 5.82 Å². The minimum Gasteiger partial charge on any atom is -0.293 e. The quantitative estimate of drug-likeness (QED) is 0.747. The van der Waals surface area contributed by atoms with Gasteiger partial charge in [0, 0.05) is 29.8 Å². The van der Waals surface area contributed by atoms with E-state index in [1.807, 2.05) is 13.8 Å². The summed E-state index contributed by atoms with van der Waals surface area (Å²) in [7, 11) is 0. The van der Waals surface area contributed by atoms with Crippen LogP contribution in [0.15, 0.2) is 41.5 Å². The van der Waals surface area contributed by atoms with Crippen molar-refractivity contribution in [1.82, 2.24) is 29.5 Å². The summed E-state index contributed by atoms with van der Waals surface area (Å²) in [5.74, 6) is 0.205. The first kappa shape index (κ1) is 15.5. The Hall–Kier alpha value is -3.36. The smallest absolute Gasteiger partial charge is 0.267 e. The Morgan fingerprint density at radius 1 is 1.21 bits per heavy atom. The van der Waals surface area contributed by atoms with Crippen LogP contribution in [0.2, 0.25) is 0 Å². The third-order valence-corrected chi connectivity index (χ3v) is 3.12. The normalized spacial score (nSPS) is 10.6. The average Bonchev–Trinajstić information content (AvgIpc) is 3.02. The summed E-state index contributed by atoms with van der Waals surface area (Å²) in [5.41, 5.74) is 1.10. The van der Waals surface area contributed by atoms with Crippen LogP contribution in [0.4, 0.5) is 5.95 Å². The number of hydrogen-bond acceptors (Lipinski definition) is 6. The molecule has 24 heavy (non-hydrogen) atoms. The molecule has 0 aliphatic rings. The van der Waals surface area contributed by atoms with E-state index in [1.54, 1.807) is 24.5 Å². The molecular weight excluding hydrogens is 310 g/mol. The molecule has 0 bridgehead atoms. The Labute approximate surface area is 137 Å². The molecule has 0 atom stereocenters. The second-order valence-corrected chi connectivity index (χ2v) is 5.16. The van der Waals surface area contributed by atoms with Gasteiger partial charge in [-0.1, -0.05) is 0 Å². The van der Waals surface area contributed by atoms with Crippen LogP contribution in [0.3, 0.4) is 0 Å². The van der Waals surface area contributed by atoms with Crippen LogP contribution in [0, 0.1) is 13.8 Å². The maximum absolute atomic E-state index is 12.1. The van der Waals surface area contributed by atoms with E-state index >= 15 is 0 Å². The van der Waals surface area contributed by atoms with Crippen LogP contribution in [-0.4, -0.2) is 35.4 Å². The lowest BCUT2D eigenvalue weighted by Gasteiger charge is -2.08. The fourth-order valence-electron chi connectivity index (χ4n) is 2.16. The molecule has 9 nitrogen and oxygen atoms in total. The highest BCUT2D eigenvalue weighted by Crippen LogP contribution is 2.04. The van der Waals surface area contributed by atoms with Gasteiger partial charge in [-0.3, -0.25) is 14.9 Å². The summed E-state index contributed by atoms with van der Waals surface area (Å²) < 4.78 is 2.57. The SMILES string of the molecule is Cc1cc(C)nc(NC(=O)Cn2nc(-n3cccn3)ccc2=O)n1. The van der Waals surface area contributed by atoms with Crippen molar-refractivity contribution in [1.29, 1.82) is 0 Å². The van der Waals surface area contributed by atoms with Crippen molar-refractivity contribution >= 4 is 11.9 Å². The van der Waals surface area contributed by atoms with Crippen molar-refractivity contribution < 1.29 is 4.79 Å². The molecule has 0 spiro atoms. The molecule has 0 radical (unpaired) electrons. The van der Waals surface area contributed by atoms with Crippen molar-refractivity contribution in [3.8, 4) is 5.82 Å². The number of rotatable bonds is 4. The highest BCUT2D eigenvalue weighted by atomic mass is 16.2. The van der Waals surface area contributed by atoms with Gasteiger partial charge in [0.1, 0.15) is 6.54 Å². The maximum atomic E-state index is 12.1. The van der Waals surface area contributed by atoms with Crippen LogP contribution >= 0.6 is 0 Å². The molecule has 3 aromatic heterocycles. The number of aryl methyl sites for hydroxylation is 2. The first-order chi connectivity index (χ1) is 11.5. The summed E-state index contributed by atoms with van der Waals surface area (Å²) >= 11 is 0. The molecule has 0 aliphatic carbocycles. The molecule has 0 fully saturated rings. The number of anilines is 1. The lowest BCUT2D eigenvalue weighted by Crippen LogP contribution is -2.30. The van der Waals surface area contributed by atoms with E-state index in [1.165, 1.54) is 16.8 Å². The zero-order chi connectivity index (χ0) is 17.1. The molecule has 3 aromatic rings. The minimum atomic E-state index is -0.438. The fraction of sp³-hybridized carbons (Fsp3) is 0.200. The summed E-state index contributed by atoms with van der Waals surface area (Å²) in [6.45, 7) is 3.37. The zero-order valence-corrected chi connectivity index (χ0v) is 13.2. The number of carbonyl (C=O) groups excluding carboxylic acids is 1. The van der Waals surface area contributed by atoms with Crippen molar-refractivity contribution in [3.63, 3.8) is 0 Å². The van der Waals surface area contributed by atoms with Crippen molar-refractivity contribution in [2.24, 2.45) is 0 Å². The third kappa shape index (κ3) is 3.51. The van der Waals surface area contributed by atoms with E-state index in [4.69, 9.17) is 0 Å². The molecule has 122 valence electrons. The standard InChI is InChI=1S/C15H15N7O2/c1-10-8-11(2)18-15(17-10)19-13(23)9-22-14(24)5-4-12(20-22)21-7-3-6-16-21/h3-8H,9H2,1-2H3,(H,17,18,19,23). The van der Waals surface area contributed by atoms with Crippen molar-refractivity contribution in [2.45, 2.75) is 20.4 Å². The predicted octanol–water partition coefficient (Wildman–Crippen LogP) is 0.475. The molecular formula is C15H15N7O2. The van der Waals surface area contributed by atoms with Gasteiger partial charge in [-0.15, -0.1) is 5.10 Å². The molecule has 1 amide bonds. The molecule has 0 saturated carbocycles. The van der Waals surface area contributed by atoms with E-state index < -0.39 is 5.91 Å². The van der Waals surface area contributed by atoms with Gasteiger partial charge in [0.05, 0.1) is 0 Å². The third-order valence-electron chi connectivity index (χ3n) is 3.12. The number of nitrogens with one attached hydrogen (secondary N) is 1. The molecule has 9 heteroatoms. The molecule has 0 unspecified atom stereocenters. The molecule has 3 heterocycles. The van der Waals surface area contributed by atoms with Gasteiger partial charge >= 0.3 is 0 Å². The summed E-state index contributed by atoms with van der Waals surface area (Å²) in [6.07, 6.45) is 3.29. The van der Waals surface area contributed by atoms with E-state index in [9.17, 15) is 9.59 Å². The number of amides is 1. The number of carbonyl (C=O) groups is 1. The number of nitrogens with zero attached hydrogens (tertiary/aromatic N) is 6.